The van der Waals surface area contributed by atoms with Crippen LogP contribution in [0.2, 0.25) is 5.02 Å². The van der Waals surface area contributed by atoms with E-state index in [-0.39, 0.29) is 11.5 Å². The highest BCUT2D eigenvalue weighted by Crippen LogP contribution is 2.25. The summed E-state index contributed by atoms with van der Waals surface area (Å²) in [6, 6.07) is 16.5. The molecule has 3 heterocycles. The van der Waals surface area contributed by atoms with Gasteiger partial charge in [0, 0.05) is 60.4 Å². The molecule has 5 aromatic rings. The standard InChI is InChI=1S/C30H31ClN6O2/c1-2-3-4-17-36-27(19-28(38)37-20-26(34-30(36)37)22-10-12-25(31)13-11-22)23-6-8-24(9-7-23)29(39)33-14-5-16-35-18-15-32-21-35/h6-13,15,18-21H,2-5,14,16-17H2,1H3,(H,33,39). The number of amides is 1. The van der Waals surface area contributed by atoms with Crippen LogP contribution in [-0.4, -0.2) is 36.0 Å². The first kappa shape index (κ1) is 26.4. The number of carbonyl (C=O) groups is 1. The van der Waals surface area contributed by atoms with Gasteiger partial charge >= 0.3 is 0 Å². The number of nitrogens with one attached hydrogen (secondary N) is 1. The van der Waals surface area contributed by atoms with E-state index in [2.05, 4.69) is 21.8 Å². The van der Waals surface area contributed by atoms with Crippen LogP contribution in [0.15, 0.2) is 84.3 Å². The van der Waals surface area contributed by atoms with Gasteiger partial charge in [-0.3, -0.25) is 14.0 Å². The number of hydrogen-bond donors (Lipinski definition) is 1. The van der Waals surface area contributed by atoms with Gasteiger partial charge in [-0.05, 0) is 42.7 Å². The third-order valence-electron chi connectivity index (χ3n) is 6.72. The second-order valence-electron chi connectivity index (χ2n) is 9.52. The first-order valence-electron chi connectivity index (χ1n) is 13.3. The Morgan fingerprint density at radius 1 is 0.974 bits per heavy atom. The van der Waals surface area contributed by atoms with E-state index in [1.165, 1.54) is 0 Å². The molecule has 200 valence electrons. The van der Waals surface area contributed by atoms with Crippen molar-refractivity contribution < 1.29 is 4.79 Å². The van der Waals surface area contributed by atoms with E-state index in [1.807, 2.05) is 47.2 Å². The quantitative estimate of drug-likeness (QED) is 0.217. The fourth-order valence-electron chi connectivity index (χ4n) is 4.61. The van der Waals surface area contributed by atoms with Crippen molar-refractivity contribution in [3.8, 4) is 22.5 Å². The minimum atomic E-state index is -0.154. The lowest BCUT2D eigenvalue weighted by Crippen LogP contribution is -2.25. The molecule has 0 saturated heterocycles. The Morgan fingerprint density at radius 2 is 1.74 bits per heavy atom. The van der Waals surface area contributed by atoms with Crippen molar-refractivity contribution in [3.05, 3.63) is 100 Å². The van der Waals surface area contributed by atoms with Crippen molar-refractivity contribution in [2.24, 2.45) is 0 Å². The number of nitrogens with zero attached hydrogens (tertiary/aromatic N) is 5. The molecule has 8 nitrogen and oxygen atoms in total. The van der Waals surface area contributed by atoms with Gasteiger partial charge in [0.1, 0.15) is 0 Å². The lowest BCUT2D eigenvalue weighted by atomic mass is 10.1. The predicted octanol–water partition coefficient (Wildman–Crippen LogP) is 5.69. The molecule has 3 aromatic heterocycles. The molecule has 0 aliphatic carbocycles. The summed E-state index contributed by atoms with van der Waals surface area (Å²) in [5, 5.41) is 3.62. The molecule has 5 rings (SSSR count). The summed E-state index contributed by atoms with van der Waals surface area (Å²) in [5.41, 5.74) is 3.67. The van der Waals surface area contributed by atoms with E-state index < -0.39 is 0 Å². The Balaban J connectivity index is 1.40. The lowest BCUT2D eigenvalue weighted by molar-refractivity contribution is 0.0952. The third kappa shape index (κ3) is 6.12. The summed E-state index contributed by atoms with van der Waals surface area (Å²) >= 11 is 6.06. The molecule has 0 bridgehead atoms. The Bertz CT molecular complexity index is 1600. The topological polar surface area (TPSA) is 86.2 Å². The average Bonchev–Trinajstić information content (AvgIpc) is 3.64. The van der Waals surface area contributed by atoms with Crippen LogP contribution in [0.1, 0.15) is 43.0 Å². The number of fused-ring (bicyclic) bond motifs is 1. The summed E-state index contributed by atoms with van der Waals surface area (Å²) in [5.74, 6) is 0.474. The third-order valence-corrected chi connectivity index (χ3v) is 6.98. The van der Waals surface area contributed by atoms with Crippen molar-refractivity contribution >= 4 is 23.3 Å². The van der Waals surface area contributed by atoms with Gasteiger partial charge in [0.2, 0.25) is 5.78 Å². The first-order chi connectivity index (χ1) is 19.0. The molecule has 0 saturated carbocycles. The SMILES string of the molecule is CCCCCn1c(-c2ccc(C(=O)NCCCn3ccnc3)cc2)cc(=O)n2cc(-c3ccc(Cl)cc3)nc12. The fraction of sp³-hybridized carbons (Fsp3) is 0.267. The van der Waals surface area contributed by atoms with Crippen LogP contribution >= 0.6 is 11.6 Å². The summed E-state index contributed by atoms with van der Waals surface area (Å²) in [7, 11) is 0. The van der Waals surface area contributed by atoms with Crippen LogP contribution in [0, 0.1) is 0 Å². The van der Waals surface area contributed by atoms with Gasteiger partial charge in [-0.15, -0.1) is 0 Å². The molecule has 0 fully saturated rings. The van der Waals surface area contributed by atoms with Crippen molar-refractivity contribution in [2.45, 2.75) is 45.7 Å². The minimum absolute atomic E-state index is 0.121. The minimum Gasteiger partial charge on any atom is -0.352 e. The molecule has 0 aliphatic heterocycles. The van der Waals surface area contributed by atoms with E-state index in [4.69, 9.17) is 16.6 Å². The lowest BCUT2D eigenvalue weighted by Gasteiger charge is -2.15. The summed E-state index contributed by atoms with van der Waals surface area (Å²) in [6.07, 6.45) is 11.1. The van der Waals surface area contributed by atoms with E-state index in [9.17, 15) is 9.59 Å². The van der Waals surface area contributed by atoms with Crippen molar-refractivity contribution in [2.75, 3.05) is 6.54 Å². The molecular formula is C30H31ClN6O2. The number of imidazole rings is 2. The highest BCUT2D eigenvalue weighted by atomic mass is 35.5. The van der Waals surface area contributed by atoms with Crippen LogP contribution in [-0.2, 0) is 13.1 Å². The predicted molar refractivity (Wildman–Crippen MR) is 154 cm³/mol. The molecule has 0 unspecified atom stereocenters. The molecule has 2 aromatic carbocycles. The number of unbranched alkanes of at least 4 members (excludes halogenated alkanes) is 2. The van der Waals surface area contributed by atoms with Crippen LogP contribution < -0.4 is 10.9 Å². The van der Waals surface area contributed by atoms with Gasteiger partial charge in [-0.1, -0.05) is 55.6 Å². The van der Waals surface area contributed by atoms with Crippen molar-refractivity contribution in [3.63, 3.8) is 0 Å². The van der Waals surface area contributed by atoms with Gasteiger partial charge in [0.05, 0.1) is 17.7 Å². The first-order valence-corrected chi connectivity index (χ1v) is 13.6. The zero-order valence-corrected chi connectivity index (χ0v) is 22.6. The molecule has 1 N–H and O–H groups in total. The molecule has 0 spiro atoms. The Kier molecular flexibility index (Phi) is 8.22. The number of hydrogen-bond acceptors (Lipinski definition) is 4. The summed E-state index contributed by atoms with van der Waals surface area (Å²) < 4.78 is 5.68. The number of aryl methyl sites for hydroxylation is 2. The molecular weight excluding hydrogens is 512 g/mol. The Labute approximate surface area is 231 Å². The van der Waals surface area contributed by atoms with Gasteiger partial charge in [0.15, 0.2) is 0 Å². The largest absolute Gasteiger partial charge is 0.352 e. The normalized spacial score (nSPS) is 11.2. The van der Waals surface area contributed by atoms with E-state index in [0.29, 0.717) is 28.6 Å². The molecule has 1 amide bonds. The van der Waals surface area contributed by atoms with Crippen LogP contribution in [0.25, 0.3) is 28.3 Å². The number of rotatable bonds is 11. The van der Waals surface area contributed by atoms with Gasteiger partial charge in [-0.25, -0.2) is 9.97 Å². The molecule has 9 heteroatoms. The summed E-state index contributed by atoms with van der Waals surface area (Å²) in [4.78, 5) is 34.7. The molecule has 39 heavy (non-hydrogen) atoms. The molecule has 0 radical (unpaired) electrons. The van der Waals surface area contributed by atoms with Gasteiger partial charge in [-0.2, -0.15) is 0 Å². The van der Waals surface area contributed by atoms with Crippen LogP contribution in [0.5, 0.6) is 0 Å². The number of carbonyl (C=O) groups excluding carboxylic acids is 1. The smallest absolute Gasteiger partial charge is 0.259 e. The second kappa shape index (κ2) is 12.1. The second-order valence-corrected chi connectivity index (χ2v) is 9.95. The maximum atomic E-state index is 13.2. The molecule has 0 atom stereocenters. The maximum Gasteiger partial charge on any atom is 0.259 e. The zero-order valence-electron chi connectivity index (χ0n) is 21.9. The zero-order chi connectivity index (χ0) is 27.2. The maximum absolute atomic E-state index is 13.2. The van der Waals surface area contributed by atoms with Crippen molar-refractivity contribution in [1.29, 1.82) is 0 Å². The highest BCUT2D eigenvalue weighted by Gasteiger charge is 2.16. The van der Waals surface area contributed by atoms with Crippen LogP contribution in [0.4, 0.5) is 0 Å². The van der Waals surface area contributed by atoms with E-state index in [1.54, 1.807) is 41.3 Å². The Morgan fingerprint density at radius 3 is 2.46 bits per heavy atom. The van der Waals surface area contributed by atoms with Crippen molar-refractivity contribution in [1.82, 2.24) is 28.8 Å². The van der Waals surface area contributed by atoms with E-state index >= 15 is 0 Å². The molecule has 0 aliphatic rings. The monoisotopic (exact) mass is 542 g/mol. The van der Waals surface area contributed by atoms with Crippen LogP contribution in [0.3, 0.4) is 0 Å². The number of aromatic nitrogens is 5. The van der Waals surface area contributed by atoms with Gasteiger partial charge in [0.25, 0.3) is 11.5 Å². The average molecular weight is 543 g/mol. The highest BCUT2D eigenvalue weighted by molar-refractivity contribution is 6.30. The number of halogens is 1. The van der Waals surface area contributed by atoms with E-state index in [0.717, 1.165) is 55.6 Å². The summed E-state index contributed by atoms with van der Waals surface area (Å²) in [6.45, 7) is 4.26. The Hall–Kier alpha value is -4.17. The fourth-order valence-corrected chi connectivity index (χ4v) is 4.74. The number of benzene rings is 2. The van der Waals surface area contributed by atoms with Gasteiger partial charge < -0.3 is 14.5 Å².